The van der Waals surface area contributed by atoms with E-state index in [0.717, 1.165) is 5.69 Å². The summed E-state index contributed by atoms with van der Waals surface area (Å²) in [6.45, 7) is 0. The van der Waals surface area contributed by atoms with Crippen molar-refractivity contribution in [2.24, 2.45) is 0 Å². The lowest BCUT2D eigenvalue weighted by atomic mass is 10.0. The van der Waals surface area contributed by atoms with E-state index < -0.39 is 0 Å². The highest BCUT2D eigenvalue weighted by Crippen LogP contribution is 2.48. The molecule has 0 amide bonds. The summed E-state index contributed by atoms with van der Waals surface area (Å²) in [5.74, 6) is 0. The molecule has 3 heteroatoms. The molecule has 1 aliphatic rings. The first-order chi connectivity index (χ1) is 23.8. The Balaban J connectivity index is 1.12. The van der Waals surface area contributed by atoms with Crippen LogP contribution in [0.15, 0.2) is 164 Å². The predicted molar refractivity (Wildman–Crippen MR) is 200 cm³/mol. The summed E-state index contributed by atoms with van der Waals surface area (Å²) in [5.41, 5.74) is 14.6. The number of rotatable bonds is 3. The van der Waals surface area contributed by atoms with Crippen LogP contribution in [0.1, 0.15) is 0 Å². The van der Waals surface area contributed by atoms with E-state index >= 15 is 0 Å². The zero-order valence-corrected chi connectivity index (χ0v) is 25.9. The number of nitrogens with zero attached hydrogens (tertiary/aromatic N) is 3. The van der Waals surface area contributed by atoms with Crippen LogP contribution in [-0.4, -0.2) is 14.1 Å². The Bertz CT molecular complexity index is 2940. The largest absolute Gasteiger partial charge is 0.309 e. The quantitative estimate of drug-likeness (QED) is 0.195. The minimum Gasteiger partial charge on any atom is -0.309 e. The topological polar surface area (TPSA) is 22.8 Å². The number of fused-ring (bicyclic) bond motifs is 9. The highest BCUT2D eigenvalue weighted by molar-refractivity contribution is 6.17. The number of para-hydroxylation sites is 3. The number of benzene rings is 7. The second kappa shape index (κ2) is 9.54. The molecule has 7 aromatic carbocycles. The summed E-state index contributed by atoms with van der Waals surface area (Å²) in [6.07, 6.45) is 4.02. The molecule has 0 fully saturated rings. The van der Waals surface area contributed by atoms with Gasteiger partial charge in [-0.05, 0) is 88.5 Å². The summed E-state index contributed by atoms with van der Waals surface area (Å²) >= 11 is 0. The molecule has 0 unspecified atom stereocenters. The number of pyridine rings is 1. The highest BCUT2D eigenvalue weighted by Gasteiger charge is 2.23. The maximum absolute atomic E-state index is 4.66. The molecule has 0 saturated carbocycles. The van der Waals surface area contributed by atoms with Crippen LogP contribution in [0.25, 0.3) is 99.1 Å². The van der Waals surface area contributed by atoms with Gasteiger partial charge in [0.25, 0.3) is 0 Å². The molecule has 0 atom stereocenters. The van der Waals surface area contributed by atoms with Crippen LogP contribution in [0.3, 0.4) is 0 Å². The molecular formula is C45H27N3. The molecule has 3 nitrogen and oxygen atoms in total. The van der Waals surface area contributed by atoms with E-state index in [1.165, 1.54) is 93.5 Å². The van der Waals surface area contributed by atoms with Gasteiger partial charge in [-0.1, -0.05) is 91.0 Å². The molecule has 10 aromatic rings. The molecular weight excluding hydrogens is 583 g/mol. The van der Waals surface area contributed by atoms with Gasteiger partial charge in [-0.3, -0.25) is 4.98 Å². The van der Waals surface area contributed by atoms with Gasteiger partial charge in [0.2, 0.25) is 0 Å². The molecule has 0 spiro atoms. The SMILES string of the molecule is c1ccc(-n2c3ccccc3c3cc(-c4ccc5c(c4)c4ccccc4n5-c4cc5c6c(cncc6c4)-c4ccccc4-5)ccc32)cc1. The van der Waals surface area contributed by atoms with Gasteiger partial charge in [-0.25, -0.2) is 0 Å². The predicted octanol–water partition coefficient (Wildman–Crippen LogP) is 11.7. The van der Waals surface area contributed by atoms with Gasteiger partial charge in [0.15, 0.2) is 0 Å². The van der Waals surface area contributed by atoms with Crippen molar-refractivity contribution >= 4 is 54.4 Å². The van der Waals surface area contributed by atoms with Gasteiger partial charge in [-0.15, -0.1) is 0 Å². The first-order valence-corrected chi connectivity index (χ1v) is 16.5. The number of hydrogen-bond donors (Lipinski definition) is 0. The van der Waals surface area contributed by atoms with Gasteiger partial charge in [0, 0.05) is 61.6 Å². The van der Waals surface area contributed by atoms with Crippen LogP contribution in [-0.2, 0) is 0 Å². The Hall–Kier alpha value is -6.45. The maximum atomic E-state index is 4.66. The fourth-order valence-electron chi connectivity index (χ4n) is 8.24. The lowest BCUT2D eigenvalue weighted by Crippen LogP contribution is -1.95. The second-order valence-corrected chi connectivity index (χ2v) is 12.8. The van der Waals surface area contributed by atoms with E-state index in [4.69, 9.17) is 0 Å². The summed E-state index contributed by atoms with van der Waals surface area (Å²) < 4.78 is 4.80. The second-order valence-electron chi connectivity index (χ2n) is 12.8. The van der Waals surface area contributed by atoms with Crippen LogP contribution in [0.2, 0.25) is 0 Å². The average Bonchev–Trinajstić information content (AvgIpc) is 3.78. The molecule has 48 heavy (non-hydrogen) atoms. The fraction of sp³-hybridized carbons (Fsp3) is 0. The smallest absolute Gasteiger partial charge is 0.0541 e. The average molecular weight is 610 g/mol. The van der Waals surface area contributed by atoms with Crippen molar-refractivity contribution < 1.29 is 0 Å². The lowest BCUT2D eigenvalue weighted by Gasteiger charge is -2.12. The van der Waals surface area contributed by atoms with Crippen molar-refractivity contribution in [2.75, 3.05) is 0 Å². The summed E-state index contributed by atoms with van der Waals surface area (Å²) in [7, 11) is 0. The first kappa shape index (κ1) is 25.7. The lowest BCUT2D eigenvalue weighted by molar-refractivity contribution is 1.18. The summed E-state index contributed by atoms with van der Waals surface area (Å²) in [5, 5.41) is 7.49. The standard InChI is InChI=1S/C45H27N3/c1-2-10-31(11-3-1)47-41-16-8-6-14-35(41)37-23-28(18-20-43(37)47)29-19-21-44-38(24-29)36-15-7-9-17-42(36)48(44)32-22-30-26-46-27-40-34-13-5-4-12-33(34)39(25-32)45(30)40/h1-27H. The van der Waals surface area contributed by atoms with Crippen molar-refractivity contribution in [2.45, 2.75) is 0 Å². The third kappa shape index (κ3) is 3.45. The Morgan fingerprint density at radius 3 is 1.56 bits per heavy atom. The molecule has 0 aliphatic heterocycles. The van der Waals surface area contributed by atoms with Crippen molar-refractivity contribution in [3.8, 4) is 44.8 Å². The first-order valence-electron chi connectivity index (χ1n) is 16.5. The molecule has 3 aromatic heterocycles. The van der Waals surface area contributed by atoms with E-state index in [9.17, 15) is 0 Å². The third-order valence-electron chi connectivity index (χ3n) is 10.3. The van der Waals surface area contributed by atoms with Crippen LogP contribution in [0.4, 0.5) is 0 Å². The third-order valence-corrected chi connectivity index (χ3v) is 10.3. The molecule has 3 heterocycles. The Morgan fingerprint density at radius 2 is 0.896 bits per heavy atom. The van der Waals surface area contributed by atoms with Gasteiger partial charge >= 0.3 is 0 Å². The Morgan fingerprint density at radius 1 is 0.354 bits per heavy atom. The van der Waals surface area contributed by atoms with Crippen LogP contribution >= 0.6 is 0 Å². The van der Waals surface area contributed by atoms with Crippen LogP contribution in [0, 0.1) is 0 Å². The Kier molecular flexibility index (Phi) is 5.11. The number of aromatic nitrogens is 3. The monoisotopic (exact) mass is 609 g/mol. The molecule has 0 saturated heterocycles. The van der Waals surface area contributed by atoms with Crippen molar-refractivity contribution in [3.05, 3.63) is 164 Å². The van der Waals surface area contributed by atoms with Gasteiger partial charge in [-0.2, -0.15) is 0 Å². The maximum Gasteiger partial charge on any atom is 0.0541 e. The molecule has 1 aliphatic carbocycles. The van der Waals surface area contributed by atoms with E-state index in [0.29, 0.717) is 0 Å². The van der Waals surface area contributed by atoms with E-state index in [2.05, 4.69) is 166 Å². The molecule has 222 valence electrons. The van der Waals surface area contributed by atoms with Crippen LogP contribution in [0.5, 0.6) is 0 Å². The van der Waals surface area contributed by atoms with Gasteiger partial charge in [0.1, 0.15) is 0 Å². The molecule has 0 N–H and O–H groups in total. The van der Waals surface area contributed by atoms with Crippen LogP contribution < -0.4 is 0 Å². The fourth-order valence-corrected chi connectivity index (χ4v) is 8.24. The van der Waals surface area contributed by atoms with Gasteiger partial charge in [0.05, 0.1) is 22.1 Å². The molecule has 11 rings (SSSR count). The summed E-state index contributed by atoms with van der Waals surface area (Å²) in [6, 6.07) is 55.4. The van der Waals surface area contributed by atoms with Gasteiger partial charge < -0.3 is 9.13 Å². The zero-order chi connectivity index (χ0) is 31.3. The Labute approximate surface area is 276 Å². The zero-order valence-electron chi connectivity index (χ0n) is 25.9. The van der Waals surface area contributed by atoms with E-state index in [1.807, 2.05) is 12.4 Å². The van der Waals surface area contributed by atoms with Crippen molar-refractivity contribution in [1.29, 1.82) is 0 Å². The summed E-state index contributed by atoms with van der Waals surface area (Å²) in [4.78, 5) is 4.66. The minimum atomic E-state index is 1.15. The van der Waals surface area contributed by atoms with Crippen molar-refractivity contribution in [3.63, 3.8) is 0 Å². The highest BCUT2D eigenvalue weighted by atomic mass is 15.0. The normalized spacial score (nSPS) is 12.2. The minimum absolute atomic E-state index is 1.15. The van der Waals surface area contributed by atoms with Crippen molar-refractivity contribution in [1.82, 2.24) is 14.1 Å². The molecule has 0 radical (unpaired) electrons. The number of hydrogen-bond acceptors (Lipinski definition) is 1. The van der Waals surface area contributed by atoms with E-state index in [1.54, 1.807) is 0 Å². The molecule has 0 bridgehead atoms. The van der Waals surface area contributed by atoms with E-state index in [-0.39, 0.29) is 0 Å².